The minimum Gasteiger partial charge on any atom is -0.288 e. The number of nitrogens with one attached hydrogen (secondary N) is 1. The van der Waals surface area contributed by atoms with Crippen LogP contribution in [0.5, 0.6) is 0 Å². The van der Waals surface area contributed by atoms with Crippen LogP contribution in [0.3, 0.4) is 0 Å². The summed E-state index contributed by atoms with van der Waals surface area (Å²) in [4.78, 5) is 4.74. The lowest BCUT2D eigenvalue weighted by Crippen LogP contribution is -3.04. The number of halogens is 5. The van der Waals surface area contributed by atoms with Crippen molar-refractivity contribution in [3.05, 3.63) is 23.9 Å². The summed E-state index contributed by atoms with van der Waals surface area (Å²) in [5, 5.41) is 0. The van der Waals surface area contributed by atoms with Gasteiger partial charge in [0.15, 0.2) is 0 Å². The Labute approximate surface area is 126 Å². The first-order valence-corrected chi connectivity index (χ1v) is 6.69. The number of alkyl halides is 3. The van der Waals surface area contributed by atoms with Crippen LogP contribution in [0.4, 0.5) is 19.0 Å². The maximum absolute atomic E-state index is 12.4. The average Bonchev–Trinajstić information content (AvgIpc) is 2.35. The minimum atomic E-state index is -4.36. The molecule has 1 N–H and O–H groups in total. The standard InChI is InChI=1S/C12H16Cl2F3N3/c1-11(2,20(13)14)6-7-19(3)10-5-4-9(8-18-10)12(15,16)17/h4-5,8H,6-7H2,1-3H3/p+1. The average molecular weight is 331 g/mol. The van der Waals surface area contributed by atoms with E-state index in [1.165, 1.54) is 6.07 Å². The first-order valence-electron chi connectivity index (χ1n) is 6.02. The third kappa shape index (κ3) is 4.77. The molecule has 20 heavy (non-hydrogen) atoms. The van der Waals surface area contributed by atoms with Crippen LogP contribution in [-0.2, 0) is 6.18 Å². The Kier molecular flexibility index (Phi) is 5.66. The second-order valence-electron chi connectivity index (χ2n) is 5.26. The SMILES string of the molecule is C[NH+](CCC(C)(C)N(Cl)Cl)c1ccc(C(F)(F)F)cn1. The third-order valence-corrected chi connectivity index (χ3v) is 4.01. The topological polar surface area (TPSA) is 20.6 Å². The molecule has 0 bridgehead atoms. The molecule has 1 unspecified atom stereocenters. The molecule has 1 rings (SSSR count). The van der Waals surface area contributed by atoms with Crippen LogP contribution in [0.2, 0.25) is 0 Å². The molecule has 0 saturated heterocycles. The van der Waals surface area contributed by atoms with Crippen molar-refractivity contribution in [2.45, 2.75) is 32.0 Å². The summed E-state index contributed by atoms with van der Waals surface area (Å²) in [7, 11) is 1.83. The number of nitrogens with zero attached hydrogens (tertiary/aromatic N) is 2. The molecule has 0 aliphatic rings. The Hall–Kier alpha value is -0.560. The summed E-state index contributed by atoms with van der Waals surface area (Å²) in [6.45, 7) is 4.39. The van der Waals surface area contributed by atoms with Crippen molar-refractivity contribution in [3.8, 4) is 0 Å². The highest BCUT2D eigenvalue weighted by molar-refractivity contribution is 6.34. The summed E-state index contributed by atoms with van der Waals surface area (Å²) in [5.41, 5.74) is -1.17. The van der Waals surface area contributed by atoms with Gasteiger partial charge < -0.3 is 0 Å². The van der Waals surface area contributed by atoms with Crippen molar-refractivity contribution in [2.75, 3.05) is 13.6 Å². The highest BCUT2D eigenvalue weighted by Crippen LogP contribution is 2.28. The molecule has 114 valence electrons. The molecule has 0 aliphatic carbocycles. The highest BCUT2D eigenvalue weighted by Gasteiger charge is 2.31. The zero-order valence-corrected chi connectivity index (χ0v) is 12.9. The van der Waals surface area contributed by atoms with Crippen molar-refractivity contribution in [2.24, 2.45) is 0 Å². The van der Waals surface area contributed by atoms with E-state index in [2.05, 4.69) is 4.98 Å². The second kappa shape index (κ2) is 6.47. The van der Waals surface area contributed by atoms with E-state index in [0.717, 1.165) is 21.1 Å². The van der Waals surface area contributed by atoms with E-state index >= 15 is 0 Å². The Morgan fingerprint density at radius 2 is 1.85 bits per heavy atom. The van der Waals surface area contributed by atoms with Gasteiger partial charge in [-0.15, -0.1) is 3.94 Å². The Balaban J connectivity index is 2.67. The van der Waals surface area contributed by atoms with Gasteiger partial charge in [0.2, 0.25) is 5.82 Å². The van der Waals surface area contributed by atoms with Gasteiger partial charge in [0.25, 0.3) is 0 Å². The van der Waals surface area contributed by atoms with Gasteiger partial charge in [-0.1, -0.05) is 0 Å². The van der Waals surface area contributed by atoms with Crippen LogP contribution in [0.25, 0.3) is 0 Å². The molecular weight excluding hydrogens is 314 g/mol. The van der Waals surface area contributed by atoms with E-state index in [1.54, 1.807) is 0 Å². The number of pyridine rings is 1. The van der Waals surface area contributed by atoms with Crippen LogP contribution in [-0.4, -0.2) is 28.1 Å². The fourth-order valence-electron chi connectivity index (χ4n) is 1.52. The third-order valence-electron chi connectivity index (χ3n) is 3.10. The zero-order valence-electron chi connectivity index (χ0n) is 11.4. The molecule has 0 saturated carbocycles. The number of aromatic nitrogens is 1. The summed E-state index contributed by atoms with van der Waals surface area (Å²) < 4.78 is 38.4. The molecule has 0 spiro atoms. The summed E-state index contributed by atoms with van der Waals surface area (Å²) >= 11 is 11.4. The predicted octanol–water partition coefficient (Wildman–Crippen LogP) is 3.02. The van der Waals surface area contributed by atoms with E-state index in [1.807, 2.05) is 20.9 Å². The lowest BCUT2D eigenvalue weighted by Gasteiger charge is -2.28. The van der Waals surface area contributed by atoms with E-state index in [-0.39, 0.29) is 0 Å². The number of quaternary nitrogens is 1. The van der Waals surface area contributed by atoms with E-state index in [0.29, 0.717) is 18.8 Å². The van der Waals surface area contributed by atoms with Crippen LogP contribution in [0.15, 0.2) is 18.3 Å². The Bertz CT molecular complexity index is 433. The molecule has 0 amide bonds. The van der Waals surface area contributed by atoms with E-state index in [4.69, 9.17) is 23.6 Å². The van der Waals surface area contributed by atoms with Gasteiger partial charge in [-0.05, 0) is 43.5 Å². The normalized spacial score (nSPS) is 14.7. The van der Waals surface area contributed by atoms with Crippen LogP contribution >= 0.6 is 23.6 Å². The largest absolute Gasteiger partial charge is 0.417 e. The van der Waals surface area contributed by atoms with Gasteiger partial charge in [0.1, 0.15) is 0 Å². The lowest BCUT2D eigenvalue weighted by molar-refractivity contribution is -0.813. The van der Waals surface area contributed by atoms with Crippen molar-refractivity contribution < 1.29 is 18.1 Å². The number of rotatable bonds is 5. The van der Waals surface area contributed by atoms with Gasteiger partial charge in [-0.25, -0.2) is 4.98 Å². The van der Waals surface area contributed by atoms with Crippen molar-refractivity contribution in [1.82, 2.24) is 8.92 Å². The maximum atomic E-state index is 12.4. The Morgan fingerprint density at radius 3 is 2.25 bits per heavy atom. The van der Waals surface area contributed by atoms with Gasteiger partial charge in [-0.3, -0.25) is 4.90 Å². The molecule has 0 aromatic carbocycles. The van der Waals surface area contributed by atoms with E-state index < -0.39 is 17.3 Å². The molecule has 1 heterocycles. The molecule has 1 atom stereocenters. The van der Waals surface area contributed by atoms with Gasteiger partial charge in [-0.2, -0.15) is 13.2 Å². The van der Waals surface area contributed by atoms with Crippen LogP contribution in [0, 0.1) is 0 Å². The van der Waals surface area contributed by atoms with E-state index in [9.17, 15) is 13.2 Å². The van der Waals surface area contributed by atoms with Crippen molar-refractivity contribution in [1.29, 1.82) is 0 Å². The van der Waals surface area contributed by atoms with Crippen LogP contribution < -0.4 is 4.90 Å². The summed E-state index contributed by atoms with van der Waals surface area (Å²) in [5.74, 6) is 0.546. The quantitative estimate of drug-likeness (QED) is 0.837. The number of hydrogen-bond donors (Lipinski definition) is 1. The number of hydrogen-bond acceptors (Lipinski definition) is 2. The first kappa shape index (κ1) is 17.5. The molecule has 0 radical (unpaired) electrons. The molecule has 1 aromatic heterocycles. The zero-order chi connectivity index (χ0) is 15.6. The minimum absolute atomic E-state index is 0.420. The molecule has 8 heteroatoms. The smallest absolute Gasteiger partial charge is 0.288 e. The maximum Gasteiger partial charge on any atom is 0.417 e. The Morgan fingerprint density at radius 1 is 1.25 bits per heavy atom. The predicted molar refractivity (Wildman–Crippen MR) is 72.9 cm³/mol. The lowest BCUT2D eigenvalue weighted by atomic mass is 10.0. The molecular formula is C12H17Cl2F3N3+. The molecule has 3 nitrogen and oxygen atoms in total. The first-order chi connectivity index (χ1) is 9.04. The fourth-order valence-corrected chi connectivity index (χ4v) is 1.69. The monoisotopic (exact) mass is 330 g/mol. The van der Waals surface area contributed by atoms with Crippen molar-refractivity contribution in [3.63, 3.8) is 0 Å². The van der Waals surface area contributed by atoms with Crippen LogP contribution in [0.1, 0.15) is 25.8 Å². The fraction of sp³-hybridized carbons (Fsp3) is 0.583. The summed E-state index contributed by atoms with van der Waals surface area (Å²) in [6.07, 6.45) is -2.85. The van der Waals surface area contributed by atoms with Gasteiger partial charge >= 0.3 is 6.18 Å². The molecule has 0 fully saturated rings. The van der Waals surface area contributed by atoms with Gasteiger partial charge in [0, 0.05) is 18.7 Å². The van der Waals surface area contributed by atoms with Crippen molar-refractivity contribution >= 4 is 29.4 Å². The second-order valence-corrected chi connectivity index (χ2v) is 6.10. The van der Waals surface area contributed by atoms with Gasteiger partial charge in [0.05, 0.1) is 24.7 Å². The summed E-state index contributed by atoms with van der Waals surface area (Å²) in [6, 6.07) is 2.41. The molecule has 1 aromatic rings. The molecule has 0 aliphatic heterocycles. The highest BCUT2D eigenvalue weighted by atomic mass is 35.5.